The Kier molecular flexibility index (Phi) is 7.49. The highest BCUT2D eigenvalue weighted by molar-refractivity contribution is 6.03. The summed E-state index contributed by atoms with van der Waals surface area (Å²) in [5, 5.41) is 23.4. The predicted octanol–water partition coefficient (Wildman–Crippen LogP) is 4.66. The van der Waals surface area contributed by atoms with Gasteiger partial charge in [0.15, 0.2) is 5.84 Å². The molecule has 1 saturated carbocycles. The molecule has 9 rings (SSSR count). The number of nitrogens with zero attached hydrogens (tertiary/aromatic N) is 6. The second kappa shape index (κ2) is 11.9. The molecule has 270 valence electrons. The van der Waals surface area contributed by atoms with Crippen LogP contribution in [-0.2, 0) is 21.5 Å². The molecule has 2 fully saturated rings. The number of fused-ring (bicyclic) bond motifs is 2. The first-order chi connectivity index (χ1) is 25.1. The number of oxime groups is 1. The molecule has 0 bridgehead atoms. The third-order valence-electron chi connectivity index (χ3n) is 11.6. The standard InChI is InChI=1S/C38H41FN8O5/c1-20-15-27(16-21(2)32(20)39)47-33(45-12-10-40-36(45)49)31-23(4)44(11-7-28(31)42-47)34(48)30-18-26-17-25(24-8-13-51-14-9-24)5-6-29(26)46(30)38(19-22(38)3)35-41-37(50)52-43-35/h5-6,10,12,15-18,22-24,37,50H,7-9,11,13-14,19H2,1-4H3,(H,40,49)(H,41,43)/t22-,23-,37?,38-/m0/s1. The van der Waals surface area contributed by atoms with E-state index in [0.29, 0.717) is 59.5 Å². The number of aliphatic hydroxyl groups is 1. The van der Waals surface area contributed by atoms with Gasteiger partial charge in [-0.05, 0) is 98.9 Å². The maximum absolute atomic E-state index is 15.1. The van der Waals surface area contributed by atoms with Crippen LogP contribution in [0.5, 0.6) is 0 Å². The van der Waals surface area contributed by atoms with E-state index in [9.17, 15) is 14.3 Å². The highest BCUT2D eigenvalue weighted by atomic mass is 19.1. The third kappa shape index (κ3) is 4.87. The topological polar surface area (TPSA) is 144 Å². The molecule has 1 saturated heterocycles. The molecule has 52 heavy (non-hydrogen) atoms. The molecule has 14 heteroatoms. The zero-order chi connectivity index (χ0) is 36.1. The van der Waals surface area contributed by atoms with Crippen molar-refractivity contribution in [1.29, 1.82) is 0 Å². The number of aromatic amines is 1. The van der Waals surface area contributed by atoms with Gasteiger partial charge in [0.2, 0.25) is 0 Å². The molecule has 4 atom stereocenters. The quantitative estimate of drug-likeness (QED) is 0.233. The van der Waals surface area contributed by atoms with E-state index in [1.165, 1.54) is 10.1 Å². The first-order valence-corrected chi connectivity index (χ1v) is 18.0. The molecule has 3 aliphatic heterocycles. The van der Waals surface area contributed by atoms with Crippen molar-refractivity contribution in [2.45, 2.75) is 77.3 Å². The Hall–Kier alpha value is -5.21. The van der Waals surface area contributed by atoms with Gasteiger partial charge in [-0.3, -0.25) is 9.36 Å². The van der Waals surface area contributed by atoms with Crippen molar-refractivity contribution in [3.63, 3.8) is 0 Å². The summed E-state index contributed by atoms with van der Waals surface area (Å²) >= 11 is 0. The van der Waals surface area contributed by atoms with Crippen LogP contribution in [0.3, 0.4) is 0 Å². The fraction of sp³-hybridized carbons (Fsp3) is 0.421. The second-order valence-electron chi connectivity index (χ2n) is 14.7. The summed E-state index contributed by atoms with van der Waals surface area (Å²) in [7, 11) is 0. The Morgan fingerprint density at radius 1 is 1.10 bits per heavy atom. The van der Waals surface area contributed by atoms with Gasteiger partial charge in [0.05, 0.1) is 17.4 Å². The van der Waals surface area contributed by atoms with E-state index in [-0.39, 0.29) is 23.3 Å². The fourth-order valence-electron chi connectivity index (χ4n) is 8.76. The van der Waals surface area contributed by atoms with E-state index in [1.807, 2.05) is 17.9 Å². The molecular weight excluding hydrogens is 667 g/mol. The Bertz CT molecular complexity index is 2320. The number of hydrogen-bond donors (Lipinski definition) is 3. The first-order valence-electron chi connectivity index (χ1n) is 18.0. The van der Waals surface area contributed by atoms with E-state index in [1.54, 1.807) is 43.1 Å². The number of rotatable bonds is 6. The molecule has 4 aliphatic rings. The minimum atomic E-state index is -1.26. The Morgan fingerprint density at radius 2 is 1.85 bits per heavy atom. The number of benzene rings is 2. The molecule has 1 amide bonds. The average Bonchev–Trinajstić information content (AvgIpc) is 3.66. The van der Waals surface area contributed by atoms with Crippen LogP contribution in [0.1, 0.15) is 83.5 Å². The molecule has 2 aromatic carbocycles. The maximum atomic E-state index is 15.1. The van der Waals surface area contributed by atoms with E-state index in [2.05, 4.69) is 45.1 Å². The lowest BCUT2D eigenvalue weighted by atomic mass is 9.91. The number of ether oxygens (including phenoxy) is 1. The monoisotopic (exact) mass is 708 g/mol. The number of amides is 1. The summed E-state index contributed by atoms with van der Waals surface area (Å²) in [6.07, 6.45) is 4.98. The van der Waals surface area contributed by atoms with Gasteiger partial charge in [-0.15, -0.1) is 0 Å². The van der Waals surface area contributed by atoms with Crippen LogP contribution in [0.2, 0.25) is 0 Å². The van der Waals surface area contributed by atoms with Crippen LogP contribution >= 0.6 is 0 Å². The number of imidazole rings is 1. The summed E-state index contributed by atoms with van der Waals surface area (Å²) in [6, 6.07) is 11.4. The van der Waals surface area contributed by atoms with Gasteiger partial charge in [-0.2, -0.15) is 5.10 Å². The van der Waals surface area contributed by atoms with Gasteiger partial charge >= 0.3 is 12.1 Å². The summed E-state index contributed by atoms with van der Waals surface area (Å²) in [6.45, 7) is 9.33. The number of hydrogen-bond acceptors (Lipinski definition) is 8. The van der Waals surface area contributed by atoms with Crippen molar-refractivity contribution in [2.24, 2.45) is 11.1 Å². The molecule has 3 aromatic heterocycles. The number of aliphatic hydroxyl groups excluding tert-OH is 1. The second-order valence-corrected chi connectivity index (χ2v) is 14.7. The van der Waals surface area contributed by atoms with Crippen LogP contribution in [0, 0.1) is 25.6 Å². The number of carbonyl (C=O) groups is 1. The van der Waals surface area contributed by atoms with Crippen molar-refractivity contribution in [3.05, 3.63) is 98.7 Å². The zero-order valence-corrected chi connectivity index (χ0v) is 29.5. The summed E-state index contributed by atoms with van der Waals surface area (Å²) < 4.78 is 25.6. The Morgan fingerprint density at radius 3 is 2.50 bits per heavy atom. The number of aryl methyl sites for hydroxylation is 2. The molecule has 5 aromatic rings. The van der Waals surface area contributed by atoms with Crippen molar-refractivity contribution < 1.29 is 23.9 Å². The minimum Gasteiger partial charge on any atom is -0.381 e. The van der Waals surface area contributed by atoms with E-state index < -0.39 is 18.0 Å². The molecule has 3 N–H and O–H groups in total. The molecule has 13 nitrogen and oxygen atoms in total. The summed E-state index contributed by atoms with van der Waals surface area (Å²) in [4.78, 5) is 38.1. The first kappa shape index (κ1) is 32.7. The van der Waals surface area contributed by atoms with Gasteiger partial charge < -0.3 is 34.4 Å². The Balaban J connectivity index is 1.18. The highest BCUT2D eigenvalue weighted by Gasteiger charge is 2.61. The van der Waals surface area contributed by atoms with E-state index >= 15 is 4.79 Å². The van der Waals surface area contributed by atoms with E-state index in [0.717, 1.165) is 48.2 Å². The number of carbonyl (C=O) groups excluding carboxylic acids is 1. The van der Waals surface area contributed by atoms with Crippen molar-refractivity contribution in [1.82, 2.24) is 34.1 Å². The molecule has 6 heterocycles. The van der Waals surface area contributed by atoms with Crippen LogP contribution in [0.25, 0.3) is 22.4 Å². The molecule has 1 unspecified atom stereocenters. The fourth-order valence-corrected chi connectivity index (χ4v) is 8.76. The molecule has 0 spiro atoms. The van der Waals surface area contributed by atoms with Crippen LogP contribution in [0.4, 0.5) is 4.39 Å². The predicted molar refractivity (Wildman–Crippen MR) is 190 cm³/mol. The summed E-state index contributed by atoms with van der Waals surface area (Å²) in [5.41, 5.74) is 4.62. The van der Waals surface area contributed by atoms with Crippen LogP contribution in [-0.4, -0.2) is 71.8 Å². The lowest BCUT2D eigenvalue weighted by molar-refractivity contribution is -0.0896. The van der Waals surface area contributed by atoms with Gasteiger partial charge in [0.25, 0.3) is 5.91 Å². The lowest BCUT2D eigenvalue weighted by Gasteiger charge is -2.34. The lowest BCUT2D eigenvalue weighted by Crippen LogP contribution is -2.44. The zero-order valence-electron chi connectivity index (χ0n) is 29.5. The van der Waals surface area contributed by atoms with Gasteiger partial charge in [0.1, 0.15) is 22.9 Å². The normalized spacial score (nSPS) is 24.5. The van der Waals surface area contributed by atoms with Gasteiger partial charge in [-0.1, -0.05) is 18.1 Å². The largest absolute Gasteiger partial charge is 0.381 e. The van der Waals surface area contributed by atoms with Crippen molar-refractivity contribution in [2.75, 3.05) is 19.8 Å². The van der Waals surface area contributed by atoms with Crippen LogP contribution < -0.4 is 11.0 Å². The Labute approximate surface area is 298 Å². The smallest absolute Gasteiger partial charge is 0.331 e. The van der Waals surface area contributed by atoms with Gasteiger partial charge in [-0.25, -0.2) is 13.9 Å². The maximum Gasteiger partial charge on any atom is 0.331 e. The molecule has 0 radical (unpaired) electrons. The molecular formula is C38H41FN8O5. The van der Waals surface area contributed by atoms with Crippen molar-refractivity contribution >= 4 is 22.6 Å². The summed E-state index contributed by atoms with van der Waals surface area (Å²) in [5.74, 6) is 1.00. The number of nitrogens with one attached hydrogen (secondary N) is 2. The molecule has 1 aliphatic carbocycles. The highest BCUT2D eigenvalue weighted by Crippen LogP contribution is 2.54. The number of halogens is 1. The third-order valence-corrected chi connectivity index (χ3v) is 11.6. The van der Waals surface area contributed by atoms with Crippen LogP contribution in [0.15, 0.2) is 58.7 Å². The average molecular weight is 709 g/mol. The number of aromatic nitrogens is 5. The minimum absolute atomic E-state index is 0.100. The van der Waals surface area contributed by atoms with Crippen molar-refractivity contribution in [3.8, 4) is 11.5 Å². The van der Waals surface area contributed by atoms with Gasteiger partial charge in [0, 0.05) is 55.0 Å². The SMILES string of the molecule is Cc1cc(-n2nc3c(c2-n2cc[nH]c2=O)[C@H](C)N(C(=O)c2cc4cc(C5CCOCC5)ccc4n2[C@@]2(C4=NOC(O)N4)C[C@@H]2C)CC3)cc(C)c1F. The van der Waals surface area contributed by atoms with E-state index in [4.69, 9.17) is 14.7 Å². The number of H-pyrrole nitrogens is 1. The number of amidine groups is 1.